The van der Waals surface area contributed by atoms with Crippen LogP contribution >= 0.6 is 0 Å². The minimum absolute atomic E-state index is 0.0257. The molecule has 5 N–H and O–H groups in total. The molecule has 11 atom stereocenters. The summed E-state index contributed by atoms with van der Waals surface area (Å²) in [5, 5.41) is 13.5. The first-order chi connectivity index (χ1) is 43.0. The summed E-state index contributed by atoms with van der Waals surface area (Å²) in [6, 6.07) is -3.40. The van der Waals surface area contributed by atoms with Gasteiger partial charge in [0.15, 0.2) is 37.0 Å². The maximum Gasteiger partial charge on any atom is 0.311 e. The zero-order valence-electron chi connectivity index (χ0n) is 52.0. The van der Waals surface area contributed by atoms with Crippen molar-refractivity contribution < 1.29 is 132 Å². The Balaban J connectivity index is 1.56. The van der Waals surface area contributed by atoms with Gasteiger partial charge in [-0.05, 0) is 57.8 Å². The lowest BCUT2D eigenvalue weighted by Gasteiger charge is -2.44. The second-order valence-electron chi connectivity index (χ2n) is 21.2. The van der Waals surface area contributed by atoms with Gasteiger partial charge in [-0.15, -0.1) is 0 Å². The number of amides is 5. The summed E-state index contributed by atoms with van der Waals surface area (Å²) in [7, 11) is 0. The lowest BCUT2D eigenvalue weighted by atomic mass is 9.96. The van der Waals surface area contributed by atoms with Crippen LogP contribution in [0.3, 0.4) is 0 Å². The van der Waals surface area contributed by atoms with Gasteiger partial charge in [0.05, 0.1) is 0 Å². The quantitative estimate of drug-likeness (QED) is 0.0121. The van der Waals surface area contributed by atoms with Crippen LogP contribution in [-0.4, -0.2) is 178 Å². The number of ether oxygens (including phenoxy) is 11. The highest BCUT2D eigenvalue weighted by Crippen LogP contribution is 2.32. The highest BCUT2D eigenvalue weighted by atomic mass is 19.2. The summed E-state index contributed by atoms with van der Waals surface area (Å²) in [4.78, 5) is 148. The van der Waals surface area contributed by atoms with Crippen LogP contribution in [0.5, 0.6) is 5.75 Å². The Labute approximate surface area is 521 Å². The van der Waals surface area contributed by atoms with E-state index in [1.165, 1.54) is 13.8 Å². The van der Waals surface area contributed by atoms with E-state index in [0.29, 0.717) is 51.4 Å². The predicted molar refractivity (Wildman–Crippen MR) is 299 cm³/mol. The van der Waals surface area contributed by atoms with Crippen LogP contribution < -0.4 is 31.3 Å². The Morgan fingerprint density at radius 3 is 1.27 bits per heavy atom. The highest BCUT2D eigenvalue weighted by molar-refractivity contribution is 5.87. The molecule has 0 spiro atoms. The van der Waals surface area contributed by atoms with Crippen LogP contribution in [0.4, 0.5) is 22.0 Å². The molecule has 1 aromatic carbocycles. The Morgan fingerprint density at radius 2 is 0.835 bits per heavy atom. The molecule has 2 heterocycles. The molecule has 1 aromatic rings. The second kappa shape index (κ2) is 40.3. The summed E-state index contributed by atoms with van der Waals surface area (Å²) >= 11 is 0. The van der Waals surface area contributed by atoms with Gasteiger partial charge < -0.3 is 78.7 Å². The summed E-state index contributed by atoms with van der Waals surface area (Å²) in [6.45, 7) is 8.51. The first-order valence-electron chi connectivity index (χ1n) is 29.6. The second-order valence-corrected chi connectivity index (χ2v) is 21.2. The van der Waals surface area contributed by atoms with Crippen molar-refractivity contribution in [3.8, 4) is 5.75 Å². The van der Waals surface area contributed by atoms with Gasteiger partial charge in [-0.2, -0.15) is 8.78 Å². The zero-order valence-corrected chi connectivity index (χ0v) is 52.0. The first-order valence-corrected chi connectivity index (χ1v) is 29.6. The SMILES string of the molecule is CC(=O)NC1C(OCCCCCC(=O)NCCCC[C@H](NC(=O)CCCCCOC2OC(COC(C)=O)C(OC(C)=O)C(OC(C)=O)C2NC(C)=O)C(=O)NCCCCCC(=O)Oc2c(F)c(F)c(F)c(F)c2F)OC(COC(C)=O)C(OC(C)=O)C1OC(C)=O. The summed E-state index contributed by atoms with van der Waals surface area (Å²) in [5.41, 5.74) is 0. The molecule has 0 aliphatic carbocycles. The van der Waals surface area contributed by atoms with Crippen molar-refractivity contribution in [2.45, 2.75) is 219 Å². The van der Waals surface area contributed by atoms with Gasteiger partial charge in [0.1, 0.15) is 43.5 Å². The van der Waals surface area contributed by atoms with Crippen LogP contribution in [-0.2, 0) is 105 Å². The average Bonchev–Trinajstić information content (AvgIpc) is 1.04. The Kier molecular flexibility index (Phi) is 34.3. The molecule has 512 valence electrons. The number of rotatable bonds is 38. The molecule has 2 aliphatic heterocycles. The maximum atomic E-state index is 14.0. The van der Waals surface area contributed by atoms with Crippen molar-refractivity contribution in [2.75, 3.05) is 39.5 Å². The summed E-state index contributed by atoms with van der Waals surface area (Å²) in [6.07, 6.45) is -6.91. The van der Waals surface area contributed by atoms with Gasteiger partial charge in [0.2, 0.25) is 64.4 Å². The maximum absolute atomic E-state index is 14.0. The zero-order chi connectivity index (χ0) is 67.9. The van der Waals surface area contributed by atoms with Gasteiger partial charge in [-0.3, -0.25) is 57.5 Å². The number of carbonyl (C=O) groups is 12. The molecule has 0 radical (unpaired) electrons. The molecule has 0 saturated carbocycles. The number of carbonyl (C=O) groups excluding carboxylic acids is 12. The Hall–Kier alpha value is -7.65. The molecule has 33 heteroatoms. The van der Waals surface area contributed by atoms with Crippen molar-refractivity contribution in [3.63, 3.8) is 0 Å². The first kappa shape index (κ1) is 77.6. The normalized spacial score (nSPS) is 21.3. The van der Waals surface area contributed by atoms with Crippen LogP contribution in [0.15, 0.2) is 0 Å². The summed E-state index contributed by atoms with van der Waals surface area (Å²) in [5.74, 6) is -21.6. The van der Waals surface area contributed by atoms with E-state index in [1.807, 2.05) is 0 Å². The molecule has 2 fully saturated rings. The molecule has 2 saturated heterocycles. The van der Waals surface area contributed by atoms with Crippen molar-refractivity contribution in [1.29, 1.82) is 0 Å². The largest absolute Gasteiger partial charge is 0.463 e. The van der Waals surface area contributed by atoms with E-state index in [9.17, 15) is 79.5 Å². The molecule has 5 amide bonds. The number of unbranched alkanes of at least 4 members (excludes halogenated alkanes) is 7. The van der Waals surface area contributed by atoms with E-state index in [4.69, 9.17) is 47.4 Å². The fourth-order valence-corrected chi connectivity index (χ4v) is 9.46. The van der Waals surface area contributed by atoms with Gasteiger partial charge in [0.25, 0.3) is 0 Å². The lowest BCUT2D eigenvalue weighted by molar-refractivity contribution is -0.277. The summed E-state index contributed by atoms with van der Waals surface area (Å²) < 4.78 is 129. The minimum atomic E-state index is -2.42. The van der Waals surface area contributed by atoms with Crippen molar-refractivity contribution in [1.82, 2.24) is 26.6 Å². The standard InChI is InChI=1S/C58H82F5N5O23/c1-30(69)66-49-54(87-36(7)75)51(85-34(5)73)39(28-83-32(3)71)89-57(49)81-26-18-10-12-21-41(77)64-24-17-15-20-38(56(80)65-25-16-9-14-23-43(79)91-53-47(62)45(60)44(59)46(61)48(53)63)68-42(78)22-13-11-19-27-82-58-50(67-31(2)70)55(88-37(8)76)52(86-35(6)74)40(90-58)29-84-33(4)72/h38-40,49-52,54-55,57-58H,9-29H2,1-8H3,(H,64,77)(H,65,80)(H,66,69)(H,67,70)(H,68,78)/t38-,39?,40?,49?,50?,51?,52?,54?,55?,57?,58?/m0/s1. The van der Waals surface area contributed by atoms with E-state index in [0.717, 1.165) is 41.5 Å². The van der Waals surface area contributed by atoms with Crippen molar-refractivity contribution in [2.24, 2.45) is 0 Å². The molecule has 0 bridgehead atoms. The average molecular weight is 1310 g/mol. The van der Waals surface area contributed by atoms with Crippen LogP contribution in [0.25, 0.3) is 0 Å². The Morgan fingerprint density at radius 1 is 0.440 bits per heavy atom. The van der Waals surface area contributed by atoms with E-state index in [-0.39, 0.29) is 70.7 Å². The fourth-order valence-electron chi connectivity index (χ4n) is 9.46. The smallest absolute Gasteiger partial charge is 0.311 e. The third-order valence-corrected chi connectivity index (χ3v) is 13.4. The van der Waals surface area contributed by atoms with E-state index >= 15 is 0 Å². The van der Waals surface area contributed by atoms with Crippen LogP contribution in [0, 0.1) is 29.1 Å². The third kappa shape index (κ3) is 28.2. The number of nitrogens with one attached hydrogen (secondary N) is 5. The van der Waals surface area contributed by atoms with E-state index < -0.39 is 187 Å². The number of benzene rings is 1. The van der Waals surface area contributed by atoms with Gasteiger partial charge >= 0.3 is 41.8 Å². The molecule has 10 unspecified atom stereocenters. The third-order valence-electron chi connectivity index (χ3n) is 13.4. The molecule has 0 aromatic heterocycles. The molecule has 2 aliphatic rings. The van der Waals surface area contributed by atoms with Crippen molar-refractivity contribution in [3.05, 3.63) is 29.1 Å². The van der Waals surface area contributed by atoms with Crippen LogP contribution in [0.2, 0.25) is 0 Å². The van der Waals surface area contributed by atoms with Gasteiger partial charge in [-0.1, -0.05) is 19.3 Å². The van der Waals surface area contributed by atoms with Gasteiger partial charge in [-0.25, -0.2) is 13.2 Å². The highest BCUT2D eigenvalue weighted by Gasteiger charge is 2.53. The predicted octanol–water partition coefficient (Wildman–Crippen LogP) is 3.20. The number of esters is 7. The molecule has 28 nitrogen and oxygen atoms in total. The molecular formula is C58H82F5N5O23. The van der Waals surface area contributed by atoms with E-state index in [1.54, 1.807) is 0 Å². The van der Waals surface area contributed by atoms with Crippen molar-refractivity contribution >= 4 is 71.3 Å². The molecule has 91 heavy (non-hydrogen) atoms. The monoisotopic (exact) mass is 1310 g/mol. The van der Waals surface area contributed by atoms with Crippen LogP contribution in [0.1, 0.15) is 152 Å². The Bertz CT molecular complexity index is 2650. The van der Waals surface area contributed by atoms with Gasteiger partial charge in [0, 0.05) is 101 Å². The topological polar surface area (TPSA) is 367 Å². The number of halogens is 5. The number of hydrogen-bond donors (Lipinski definition) is 5. The number of hydrogen-bond acceptors (Lipinski definition) is 23. The molecular weight excluding hydrogens is 1230 g/mol. The van der Waals surface area contributed by atoms with E-state index in [2.05, 4.69) is 31.3 Å². The fraction of sp³-hybridized carbons (Fsp3) is 0.690. The molecule has 3 rings (SSSR count). The minimum Gasteiger partial charge on any atom is -0.463 e. The lowest BCUT2D eigenvalue weighted by Crippen LogP contribution is -2.66.